The minimum atomic E-state index is -0.758. The maximum Gasteiger partial charge on any atom is 0.305 e. The van der Waals surface area contributed by atoms with Crippen LogP contribution in [-0.4, -0.2) is 16.6 Å². The van der Waals surface area contributed by atoms with Crippen molar-refractivity contribution in [3.63, 3.8) is 0 Å². The standard InChI is InChI=1S/C12H23NO2/c1-2-4-10-5-3-7-12(13,8-6-10)9-11(14)15/h10H,2-9,13H2,1H3,(H,14,15). The number of carbonyl (C=O) groups is 1. The lowest BCUT2D eigenvalue weighted by Crippen LogP contribution is -2.41. The number of rotatable bonds is 4. The van der Waals surface area contributed by atoms with Crippen molar-refractivity contribution in [1.29, 1.82) is 0 Å². The predicted octanol–water partition coefficient (Wildman–Crippen LogP) is 2.54. The van der Waals surface area contributed by atoms with E-state index in [4.69, 9.17) is 10.8 Å². The van der Waals surface area contributed by atoms with Crippen LogP contribution in [0.25, 0.3) is 0 Å². The second-order valence-electron chi connectivity index (χ2n) is 5.02. The molecule has 2 unspecified atom stereocenters. The third kappa shape index (κ3) is 4.20. The Hall–Kier alpha value is -0.570. The Labute approximate surface area is 92.0 Å². The van der Waals surface area contributed by atoms with Crippen LogP contribution in [0.15, 0.2) is 0 Å². The lowest BCUT2D eigenvalue weighted by Gasteiger charge is -2.26. The predicted molar refractivity (Wildman–Crippen MR) is 60.7 cm³/mol. The molecule has 0 radical (unpaired) electrons. The normalized spacial score (nSPS) is 32.3. The van der Waals surface area contributed by atoms with E-state index >= 15 is 0 Å². The van der Waals surface area contributed by atoms with Crippen molar-refractivity contribution in [2.24, 2.45) is 11.7 Å². The van der Waals surface area contributed by atoms with Gasteiger partial charge >= 0.3 is 5.97 Å². The molecule has 0 aliphatic heterocycles. The number of carboxylic acids is 1. The van der Waals surface area contributed by atoms with Gasteiger partial charge in [0.2, 0.25) is 0 Å². The van der Waals surface area contributed by atoms with Gasteiger partial charge in [-0.25, -0.2) is 0 Å². The molecule has 0 heterocycles. The number of aliphatic carboxylic acids is 1. The van der Waals surface area contributed by atoms with Gasteiger partial charge in [-0.1, -0.05) is 32.6 Å². The number of nitrogens with two attached hydrogens (primary N) is 1. The van der Waals surface area contributed by atoms with Gasteiger partial charge in [0, 0.05) is 5.54 Å². The van der Waals surface area contributed by atoms with Crippen LogP contribution in [0.1, 0.15) is 58.3 Å². The molecule has 0 spiro atoms. The molecule has 1 rings (SSSR count). The molecule has 3 N–H and O–H groups in total. The van der Waals surface area contributed by atoms with E-state index in [1.165, 1.54) is 19.3 Å². The summed E-state index contributed by atoms with van der Waals surface area (Å²) in [6, 6.07) is 0. The summed E-state index contributed by atoms with van der Waals surface area (Å²) in [6.07, 6.45) is 7.80. The second kappa shape index (κ2) is 5.50. The number of hydrogen-bond acceptors (Lipinski definition) is 2. The summed E-state index contributed by atoms with van der Waals surface area (Å²) in [4.78, 5) is 10.7. The second-order valence-corrected chi connectivity index (χ2v) is 5.02. The van der Waals surface area contributed by atoms with Crippen molar-refractivity contribution >= 4 is 5.97 Å². The zero-order valence-electron chi connectivity index (χ0n) is 9.67. The Balaban J connectivity index is 2.47. The fourth-order valence-corrected chi connectivity index (χ4v) is 2.68. The van der Waals surface area contributed by atoms with Crippen molar-refractivity contribution in [2.75, 3.05) is 0 Å². The van der Waals surface area contributed by atoms with Crippen LogP contribution in [0.4, 0.5) is 0 Å². The quantitative estimate of drug-likeness (QED) is 0.705. The topological polar surface area (TPSA) is 63.3 Å². The molecule has 15 heavy (non-hydrogen) atoms. The molecule has 0 bridgehead atoms. The average Bonchev–Trinajstić information content (AvgIpc) is 2.28. The van der Waals surface area contributed by atoms with E-state index in [1.54, 1.807) is 0 Å². The zero-order chi connectivity index (χ0) is 11.3. The fourth-order valence-electron chi connectivity index (χ4n) is 2.68. The highest BCUT2D eigenvalue weighted by Crippen LogP contribution is 2.32. The van der Waals surface area contributed by atoms with Gasteiger partial charge in [0.1, 0.15) is 0 Å². The first-order valence-electron chi connectivity index (χ1n) is 6.06. The minimum Gasteiger partial charge on any atom is -0.481 e. The zero-order valence-corrected chi connectivity index (χ0v) is 9.67. The van der Waals surface area contributed by atoms with Crippen LogP contribution >= 0.6 is 0 Å². The van der Waals surface area contributed by atoms with Gasteiger partial charge in [0.15, 0.2) is 0 Å². The summed E-state index contributed by atoms with van der Waals surface area (Å²) in [5.41, 5.74) is 5.70. The van der Waals surface area contributed by atoms with E-state index in [0.29, 0.717) is 0 Å². The molecule has 1 fully saturated rings. The Morgan fingerprint density at radius 2 is 2.20 bits per heavy atom. The summed E-state index contributed by atoms with van der Waals surface area (Å²) in [6.45, 7) is 2.21. The van der Waals surface area contributed by atoms with E-state index in [-0.39, 0.29) is 6.42 Å². The molecule has 2 atom stereocenters. The summed E-state index contributed by atoms with van der Waals surface area (Å²) in [5, 5.41) is 8.81. The van der Waals surface area contributed by atoms with E-state index < -0.39 is 11.5 Å². The van der Waals surface area contributed by atoms with Gasteiger partial charge in [0.05, 0.1) is 6.42 Å². The fraction of sp³-hybridized carbons (Fsp3) is 0.917. The van der Waals surface area contributed by atoms with Crippen LogP contribution in [0.3, 0.4) is 0 Å². The van der Waals surface area contributed by atoms with Gasteiger partial charge in [-0.3, -0.25) is 4.79 Å². The van der Waals surface area contributed by atoms with E-state index in [2.05, 4.69) is 6.92 Å². The summed E-state index contributed by atoms with van der Waals surface area (Å²) in [7, 11) is 0. The minimum absolute atomic E-state index is 0.131. The van der Waals surface area contributed by atoms with Crippen LogP contribution in [0.2, 0.25) is 0 Å². The van der Waals surface area contributed by atoms with Crippen molar-refractivity contribution in [1.82, 2.24) is 0 Å². The maximum atomic E-state index is 10.7. The molecule has 0 aromatic heterocycles. The Morgan fingerprint density at radius 1 is 1.47 bits per heavy atom. The Bertz CT molecular complexity index is 218. The first-order valence-corrected chi connectivity index (χ1v) is 6.06. The van der Waals surface area contributed by atoms with E-state index in [9.17, 15) is 4.79 Å². The van der Waals surface area contributed by atoms with Gasteiger partial charge < -0.3 is 10.8 Å². The van der Waals surface area contributed by atoms with Gasteiger partial charge in [0.25, 0.3) is 0 Å². The first-order chi connectivity index (χ1) is 7.06. The summed E-state index contributed by atoms with van der Waals surface area (Å²) >= 11 is 0. The summed E-state index contributed by atoms with van der Waals surface area (Å²) in [5.74, 6) is 0.0145. The van der Waals surface area contributed by atoms with Crippen LogP contribution in [-0.2, 0) is 4.79 Å². The molecule has 0 aromatic rings. The highest BCUT2D eigenvalue weighted by Gasteiger charge is 2.31. The molecule has 0 amide bonds. The molecule has 3 heteroatoms. The maximum absolute atomic E-state index is 10.7. The third-order valence-electron chi connectivity index (χ3n) is 3.54. The van der Waals surface area contributed by atoms with Crippen LogP contribution < -0.4 is 5.73 Å². The SMILES string of the molecule is CCCC1CCCC(N)(CC(=O)O)CC1. The third-order valence-corrected chi connectivity index (χ3v) is 3.54. The van der Waals surface area contributed by atoms with E-state index in [1.807, 2.05) is 0 Å². The smallest absolute Gasteiger partial charge is 0.305 e. The highest BCUT2D eigenvalue weighted by molar-refractivity contribution is 5.68. The molecule has 1 aliphatic carbocycles. The number of hydrogen-bond donors (Lipinski definition) is 2. The lowest BCUT2D eigenvalue weighted by atomic mass is 9.87. The first kappa shape index (κ1) is 12.5. The largest absolute Gasteiger partial charge is 0.481 e. The van der Waals surface area contributed by atoms with Crippen molar-refractivity contribution in [3.05, 3.63) is 0 Å². The highest BCUT2D eigenvalue weighted by atomic mass is 16.4. The molecular formula is C12H23NO2. The van der Waals surface area contributed by atoms with Crippen LogP contribution in [0, 0.1) is 5.92 Å². The van der Waals surface area contributed by atoms with Crippen molar-refractivity contribution in [2.45, 2.75) is 63.8 Å². The van der Waals surface area contributed by atoms with Gasteiger partial charge in [-0.15, -0.1) is 0 Å². The van der Waals surface area contributed by atoms with Gasteiger partial charge in [-0.05, 0) is 25.2 Å². The molecule has 1 aliphatic rings. The molecule has 0 aromatic carbocycles. The molecule has 0 saturated heterocycles. The van der Waals surface area contributed by atoms with Crippen LogP contribution in [0.5, 0.6) is 0 Å². The lowest BCUT2D eigenvalue weighted by molar-refractivity contribution is -0.138. The Morgan fingerprint density at radius 3 is 2.80 bits per heavy atom. The molecule has 88 valence electrons. The van der Waals surface area contributed by atoms with E-state index in [0.717, 1.165) is 31.6 Å². The van der Waals surface area contributed by atoms with Gasteiger partial charge in [-0.2, -0.15) is 0 Å². The molecular weight excluding hydrogens is 190 g/mol. The number of carboxylic acid groups (broad SMARTS) is 1. The van der Waals surface area contributed by atoms with Crippen molar-refractivity contribution < 1.29 is 9.90 Å². The summed E-state index contributed by atoms with van der Waals surface area (Å²) < 4.78 is 0. The molecule has 1 saturated carbocycles. The Kier molecular flexibility index (Phi) is 4.58. The van der Waals surface area contributed by atoms with Crippen molar-refractivity contribution in [3.8, 4) is 0 Å². The average molecular weight is 213 g/mol. The molecule has 3 nitrogen and oxygen atoms in total. The monoisotopic (exact) mass is 213 g/mol.